The number of nitrogens with one attached hydrogen (secondary N) is 1. The molecule has 3 rings (SSSR count). The number of amides is 1. The number of fused-ring (bicyclic) bond motifs is 1. The summed E-state index contributed by atoms with van der Waals surface area (Å²) in [5.74, 6) is 0.163. The predicted molar refractivity (Wildman–Crippen MR) is 90.2 cm³/mol. The summed E-state index contributed by atoms with van der Waals surface area (Å²) in [6.07, 6.45) is 0.909. The molecule has 0 atom stereocenters. The Labute approximate surface area is 140 Å². The maximum Gasteiger partial charge on any atom is 0.287 e. The first kappa shape index (κ1) is 16.3. The summed E-state index contributed by atoms with van der Waals surface area (Å²) < 4.78 is 11.0. The fraction of sp³-hybridized carbons (Fsp3) is 0.471. The Morgan fingerprint density at radius 3 is 2.87 bits per heavy atom. The van der Waals surface area contributed by atoms with E-state index in [1.807, 2.05) is 19.1 Å². The SMILES string of the molecule is Cc1c(C(=O)NCCCN2CCOCC2)oc2c(Cl)cccc12. The number of nitrogens with zero attached hydrogens (tertiary/aromatic N) is 1. The summed E-state index contributed by atoms with van der Waals surface area (Å²) in [5.41, 5.74) is 1.40. The number of morpholine rings is 1. The van der Waals surface area contributed by atoms with E-state index in [0.717, 1.165) is 50.2 Å². The van der Waals surface area contributed by atoms with Crippen molar-refractivity contribution in [3.8, 4) is 0 Å². The van der Waals surface area contributed by atoms with Gasteiger partial charge in [-0.2, -0.15) is 0 Å². The van der Waals surface area contributed by atoms with Crippen molar-refractivity contribution in [3.05, 3.63) is 34.5 Å². The minimum Gasteiger partial charge on any atom is -0.449 e. The van der Waals surface area contributed by atoms with Crippen molar-refractivity contribution in [2.24, 2.45) is 0 Å². The maximum atomic E-state index is 12.3. The average Bonchev–Trinajstić information content (AvgIpc) is 2.91. The van der Waals surface area contributed by atoms with Crippen LogP contribution in [0, 0.1) is 6.92 Å². The molecule has 0 aliphatic carbocycles. The van der Waals surface area contributed by atoms with E-state index in [4.69, 9.17) is 20.8 Å². The average molecular weight is 337 g/mol. The third-order valence-electron chi connectivity index (χ3n) is 4.16. The fourth-order valence-corrected chi connectivity index (χ4v) is 3.05. The zero-order chi connectivity index (χ0) is 16.2. The number of ether oxygens (including phenoxy) is 1. The number of carbonyl (C=O) groups is 1. The largest absolute Gasteiger partial charge is 0.449 e. The third-order valence-corrected chi connectivity index (χ3v) is 4.46. The number of carbonyl (C=O) groups excluding carboxylic acids is 1. The number of benzene rings is 1. The van der Waals surface area contributed by atoms with Crippen molar-refractivity contribution >= 4 is 28.5 Å². The van der Waals surface area contributed by atoms with Gasteiger partial charge in [0.25, 0.3) is 5.91 Å². The van der Waals surface area contributed by atoms with Crippen LogP contribution in [0.25, 0.3) is 11.0 Å². The Bertz CT molecular complexity index is 692. The van der Waals surface area contributed by atoms with Crippen LogP contribution in [-0.4, -0.2) is 50.2 Å². The Kier molecular flexibility index (Phi) is 5.20. The molecule has 1 N–H and O–H groups in total. The van der Waals surface area contributed by atoms with E-state index in [-0.39, 0.29) is 5.91 Å². The second-order valence-electron chi connectivity index (χ2n) is 5.74. The molecule has 1 amide bonds. The minimum atomic E-state index is -0.184. The second kappa shape index (κ2) is 7.34. The zero-order valence-electron chi connectivity index (χ0n) is 13.2. The van der Waals surface area contributed by atoms with Crippen LogP contribution in [0.1, 0.15) is 22.5 Å². The summed E-state index contributed by atoms with van der Waals surface area (Å²) in [4.78, 5) is 14.7. The van der Waals surface area contributed by atoms with Crippen molar-refractivity contribution in [2.75, 3.05) is 39.4 Å². The molecule has 6 heteroatoms. The van der Waals surface area contributed by atoms with Crippen LogP contribution < -0.4 is 5.32 Å². The lowest BCUT2D eigenvalue weighted by Gasteiger charge is -2.26. The first-order valence-corrected chi connectivity index (χ1v) is 8.30. The zero-order valence-corrected chi connectivity index (χ0v) is 14.0. The molecule has 0 spiro atoms. The van der Waals surface area contributed by atoms with Crippen molar-refractivity contribution in [2.45, 2.75) is 13.3 Å². The highest BCUT2D eigenvalue weighted by Crippen LogP contribution is 2.30. The lowest BCUT2D eigenvalue weighted by atomic mass is 10.1. The van der Waals surface area contributed by atoms with E-state index < -0.39 is 0 Å². The smallest absolute Gasteiger partial charge is 0.287 e. The molecule has 1 aromatic carbocycles. The summed E-state index contributed by atoms with van der Waals surface area (Å²) in [7, 11) is 0. The summed E-state index contributed by atoms with van der Waals surface area (Å²) in [6.45, 7) is 7.00. The van der Waals surface area contributed by atoms with Gasteiger partial charge in [0.05, 0.1) is 18.2 Å². The van der Waals surface area contributed by atoms with E-state index in [1.165, 1.54) is 0 Å². The molecular weight excluding hydrogens is 316 g/mol. The number of hydrogen-bond donors (Lipinski definition) is 1. The number of para-hydroxylation sites is 1. The third kappa shape index (κ3) is 3.68. The van der Waals surface area contributed by atoms with Crippen molar-refractivity contribution in [3.63, 3.8) is 0 Å². The quantitative estimate of drug-likeness (QED) is 0.853. The molecule has 124 valence electrons. The molecule has 5 nitrogen and oxygen atoms in total. The van der Waals surface area contributed by atoms with Gasteiger partial charge in [-0.1, -0.05) is 23.7 Å². The van der Waals surface area contributed by atoms with Crippen molar-refractivity contribution < 1.29 is 13.9 Å². The van der Waals surface area contributed by atoms with Gasteiger partial charge in [0.15, 0.2) is 11.3 Å². The van der Waals surface area contributed by atoms with Gasteiger partial charge < -0.3 is 14.5 Å². The maximum absolute atomic E-state index is 12.3. The molecule has 1 fully saturated rings. The van der Waals surface area contributed by atoms with Gasteiger partial charge in [-0.15, -0.1) is 0 Å². The first-order valence-electron chi connectivity index (χ1n) is 7.92. The molecule has 0 radical (unpaired) electrons. The Morgan fingerprint density at radius 2 is 2.13 bits per heavy atom. The van der Waals surface area contributed by atoms with E-state index >= 15 is 0 Å². The molecule has 2 heterocycles. The van der Waals surface area contributed by atoms with Crippen LogP contribution in [-0.2, 0) is 4.74 Å². The topological polar surface area (TPSA) is 54.7 Å². The molecule has 1 saturated heterocycles. The van der Waals surface area contributed by atoms with Gasteiger partial charge in [0.1, 0.15) is 0 Å². The number of hydrogen-bond acceptors (Lipinski definition) is 4. The monoisotopic (exact) mass is 336 g/mol. The Hall–Kier alpha value is -1.56. The molecule has 2 aromatic rings. The fourth-order valence-electron chi connectivity index (χ4n) is 2.84. The van der Waals surface area contributed by atoms with Crippen LogP contribution in [0.2, 0.25) is 5.02 Å². The van der Waals surface area contributed by atoms with Crippen LogP contribution in [0.15, 0.2) is 22.6 Å². The van der Waals surface area contributed by atoms with E-state index in [2.05, 4.69) is 10.2 Å². The molecule has 1 aromatic heterocycles. The summed E-state index contributed by atoms with van der Waals surface area (Å²) in [5, 5.41) is 4.34. The second-order valence-corrected chi connectivity index (χ2v) is 6.14. The lowest BCUT2D eigenvalue weighted by molar-refractivity contribution is 0.0374. The standard InChI is InChI=1S/C17H21ClN2O3/c1-12-13-4-2-5-14(18)16(13)23-15(12)17(21)19-6-3-7-20-8-10-22-11-9-20/h2,4-5H,3,6-11H2,1H3,(H,19,21). The van der Waals surface area contributed by atoms with Gasteiger partial charge in [-0.25, -0.2) is 0 Å². The minimum absolute atomic E-state index is 0.184. The molecule has 1 aliphatic heterocycles. The van der Waals surface area contributed by atoms with Crippen molar-refractivity contribution in [1.82, 2.24) is 10.2 Å². The molecule has 1 aliphatic rings. The molecule has 0 bridgehead atoms. The summed E-state index contributed by atoms with van der Waals surface area (Å²) >= 11 is 6.12. The Morgan fingerprint density at radius 1 is 1.35 bits per heavy atom. The first-order chi connectivity index (χ1) is 11.2. The number of rotatable bonds is 5. The highest BCUT2D eigenvalue weighted by atomic mass is 35.5. The van der Waals surface area contributed by atoms with Gasteiger partial charge in [-0.3, -0.25) is 9.69 Å². The van der Waals surface area contributed by atoms with Crippen molar-refractivity contribution in [1.29, 1.82) is 0 Å². The number of halogens is 1. The van der Waals surface area contributed by atoms with Gasteiger partial charge in [-0.05, 0) is 26.0 Å². The normalized spacial score (nSPS) is 15.9. The highest BCUT2D eigenvalue weighted by molar-refractivity contribution is 6.35. The number of aryl methyl sites for hydroxylation is 1. The van der Waals surface area contributed by atoms with Crippen LogP contribution in [0.4, 0.5) is 0 Å². The molecular formula is C17H21ClN2O3. The van der Waals surface area contributed by atoms with Gasteiger partial charge >= 0.3 is 0 Å². The molecule has 23 heavy (non-hydrogen) atoms. The van der Waals surface area contributed by atoms with Crippen LogP contribution >= 0.6 is 11.6 Å². The van der Waals surface area contributed by atoms with E-state index in [0.29, 0.717) is 22.9 Å². The van der Waals surface area contributed by atoms with E-state index in [1.54, 1.807) is 6.07 Å². The highest BCUT2D eigenvalue weighted by Gasteiger charge is 2.18. The molecule has 0 saturated carbocycles. The Balaban J connectivity index is 1.56. The lowest BCUT2D eigenvalue weighted by Crippen LogP contribution is -2.38. The van der Waals surface area contributed by atoms with E-state index in [9.17, 15) is 4.79 Å². The molecule has 0 unspecified atom stereocenters. The predicted octanol–water partition coefficient (Wildman–Crippen LogP) is 2.85. The van der Waals surface area contributed by atoms with Gasteiger partial charge in [0.2, 0.25) is 0 Å². The van der Waals surface area contributed by atoms with Crippen LogP contribution in [0.3, 0.4) is 0 Å². The number of furan rings is 1. The van der Waals surface area contributed by atoms with Crippen LogP contribution in [0.5, 0.6) is 0 Å². The van der Waals surface area contributed by atoms with Gasteiger partial charge in [0, 0.05) is 30.6 Å². The summed E-state index contributed by atoms with van der Waals surface area (Å²) in [6, 6.07) is 5.53.